The summed E-state index contributed by atoms with van der Waals surface area (Å²) in [5.74, 6) is -1.39. The summed E-state index contributed by atoms with van der Waals surface area (Å²) in [5.41, 5.74) is 0. The maximum atomic E-state index is 10.6. The number of hydrogen-bond donors (Lipinski definition) is 1. The molecule has 0 amide bonds. The molecule has 0 aliphatic rings. The highest BCUT2D eigenvalue weighted by Crippen LogP contribution is 2.10. The van der Waals surface area contributed by atoms with Gasteiger partial charge in [0, 0.05) is 6.42 Å². The summed E-state index contributed by atoms with van der Waals surface area (Å²) >= 11 is 0. The predicted octanol–water partition coefficient (Wildman–Crippen LogP) is 1.86. The zero-order valence-corrected chi connectivity index (χ0v) is 7.67. The van der Waals surface area contributed by atoms with Gasteiger partial charge in [0.25, 0.3) is 0 Å². The van der Waals surface area contributed by atoms with Crippen LogP contribution in [0.15, 0.2) is 0 Å². The summed E-state index contributed by atoms with van der Waals surface area (Å²) in [6, 6.07) is 0. The molecular formula is C9H16O3. The Bertz CT molecular complexity index is 163. The van der Waals surface area contributed by atoms with E-state index in [0.29, 0.717) is 12.3 Å². The maximum Gasteiger partial charge on any atom is 0.372 e. The average Bonchev–Trinajstić information content (AvgIpc) is 2.03. The highest BCUT2D eigenvalue weighted by Gasteiger charge is 2.10. The second-order valence-electron chi connectivity index (χ2n) is 3.13. The smallest absolute Gasteiger partial charge is 0.372 e. The highest BCUT2D eigenvalue weighted by molar-refractivity contribution is 6.32. The van der Waals surface area contributed by atoms with Crippen LogP contribution in [0.3, 0.4) is 0 Å². The lowest BCUT2D eigenvalue weighted by molar-refractivity contribution is -0.149. The van der Waals surface area contributed by atoms with Gasteiger partial charge in [-0.05, 0) is 12.3 Å². The minimum atomic E-state index is -1.31. The van der Waals surface area contributed by atoms with E-state index in [1.165, 1.54) is 0 Å². The van der Waals surface area contributed by atoms with E-state index in [4.69, 9.17) is 5.11 Å². The second kappa shape index (κ2) is 5.75. The molecule has 3 heteroatoms. The molecule has 0 heterocycles. The molecule has 1 atom stereocenters. The minimum Gasteiger partial charge on any atom is -0.476 e. The van der Waals surface area contributed by atoms with Crippen molar-refractivity contribution in [2.45, 2.75) is 39.5 Å². The summed E-state index contributed by atoms with van der Waals surface area (Å²) < 4.78 is 0. The molecule has 0 rings (SSSR count). The topological polar surface area (TPSA) is 54.4 Å². The van der Waals surface area contributed by atoms with Crippen molar-refractivity contribution in [2.75, 3.05) is 0 Å². The fourth-order valence-corrected chi connectivity index (χ4v) is 0.922. The highest BCUT2D eigenvalue weighted by atomic mass is 16.4. The van der Waals surface area contributed by atoms with Crippen molar-refractivity contribution >= 4 is 11.8 Å². The van der Waals surface area contributed by atoms with E-state index in [-0.39, 0.29) is 6.42 Å². The third-order valence-electron chi connectivity index (χ3n) is 2.04. The molecule has 12 heavy (non-hydrogen) atoms. The maximum absolute atomic E-state index is 10.6. The van der Waals surface area contributed by atoms with Crippen LogP contribution in [-0.4, -0.2) is 16.9 Å². The normalized spacial score (nSPS) is 12.5. The van der Waals surface area contributed by atoms with E-state index in [9.17, 15) is 9.59 Å². The molecule has 0 aromatic heterocycles. The first-order valence-corrected chi connectivity index (χ1v) is 4.34. The van der Waals surface area contributed by atoms with Crippen LogP contribution in [0.4, 0.5) is 0 Å². The molecule has 0 radical (unpaired) electrons. The standard InChI is InChI=1S/C9H16O3/c1-3-7(2)5-4-6-8(10)9(11)12/h7H,3-6H2,1-2H3,(H,11,12)/t7-/m0/s1. The van der Waals surface area contributed by atoms with Gasteiger partial charge in [0.05, 0.1) is 0 Å². The molecule has 0 bridgehead atoms. The summed E-state index contributed by atoms with van der Waals surface area (Å²) in [6.07, 6.45) is 2.90. The molecule has 70 valence electrons. The van der Waals surface area contributed by atoms with Gasteiger partial charge in [-0.15, -0.1) is 0 Å². The molecule has 3 nitrogen and oxygen atoms in total. The number of rotatable bonds is 6. The summed E-state index contributed by atoms with van der Waals surface area (Å²) in [7, 11) is 0. The quantitative estimate of drug-likeness (QED) is 0.622. The Kier molecular flexibility index (Phi) is 5.34. The van der Waals surface area contributed by atoms with Crippen molar-refractivity contribution < 1.29 is 14.7 Å². The Morgan fingerprint density at radius 2 is 2.00 bits per heavy atom. The van der Waals surface area contributed by atoms with Crippen LogP contribution in [0, 0.1) is 5.92 Å². The lowest BCUT2D eigenvalue weighted by Crippen LogP contribution is -2.12. The van der Waals surface area contributed by atoms with E-state index in [2.05, 4.69) is 13.8 Å². The van der Waals surface area contributed by atoms with Crippen molar-refractivity contribution in [3.63, 3.8) is 0 Å². The summed E-state index contributed by atoms with van der Waals surface area (Å²) in [5, 5.41) is 8.25. The van der Waals surface area contributed by atoms with Gasteiger partial charge in [-0.3, -0.25) is 4.79 Å². The van der Waals surface area contributed by atoms with Crippen LogP contribution < -0.4 is 0 Å². The van der Waals surface area contributed by atoms with Crippen molar-refractivity contribution in [1.82, 2.24) is 0 Å². The van der Waals surface area contributed by atoms with Gasteiger partial charge in [-0.1, -0.05) is 26.7 Å². The summed E-state index contributed by atoms with van der Waals surface area (Å²) in [4.78, 5) is 20.7. The van der Waals surface area contributed by atoms with E-state index in [1.807, 2.05) is 0 Å². The molecule has 1 N–H and O–H groups in total. The number of ketones is 1. The van der Waals surface area contributed by atoms with Crippen LogP contribution in [0.5, 0.6) is 0 Å². The van der Waals surface area contributed by atoms with E-state index >= 15 is 0 Å². The molecule has 0 aromatic rings. The summed E-state index contributed by atoms with van der Waals surface area (Å²) in [6.45, 7) is 4.19. The number of carboxylic acid groups (broad SMARTS) is 1. The zero-order valence-electron chi connectivity index (χ0n) is 7.67. The van der Waals surface area contributed by atoms with Crippen LogP contribution >= 0.6 is 0 Å². The Morgan fingerprint density at radius 1 is 1.42 bits per heavy atom. The SMILES string of the molecule is CC[C@H](C)CCCC(=O)C(=O)O. The lowest BCUT2D eigenvalue weighted by Gasteiger charge is -2.05. The van der Waals surface area contributed by atoms with Crippen molar-refractivity contribution in [1.29, 1.82) is 0 Å². The Morgan fingerprint density at radius 3 is 2.42 bits per heavy atom. The molecule has 0 spiro atoms. The van der Waals surface area contributed by atoms with Gasteiger partial charge in [0.1, 0.15) is 0 Å². The molecule has 0 unspecified atom stereocenters. The molecular weight excluding hydrogens is 156 g/mol. The lowest BCUT2D eigenvalue weighted by atomic mass is 10.0. The van der Waals surface area contributed by atoms with E-state index < -0.39 is 11.8 Å². The average molecular weight is 172 g/mol. The number of carbonyl (C=O) groups is 2. The van der Waals surface area contributed by atoms with Gasteiger partial charge in [-0.25, -0.2) is 4.79 Å². The second-order valence-corrected chi connectivity index (χ2v) is 3.13. The van der Waals surface area contributed by atoms with Gasteiger partial charge in [0.15, 0.2) is 0 Å². The van der Waals surface area contributed by atoms with E-state index in [1.54, 1.807) is 0 Å². The Balaban J connectivity index is 3.44. The molecule has 0 aliphatic carbocycles. The third kappa shape index (κ3) is 4.88. The van der Waals surface area contributed by atoms with Gasteiger partial charge < -0.3 is 5.11 Å². The van der Waals surface area contributed by atoms with Crippen LogP contribution in [-0.2, 0) is 9.59 Å². The zero-order chi connectivity index (χ0) is 9.56. The van der Waals surface area contributed by atoms with Gasteiger partial charge >= 0.3 is 5.97 Å². The number of carboxylic acids is 1. The first-order chi connectivity index (χ1) is 5.57. The fourth-order valence-electron chi connectivity index (χ4n) is 0.922. The molecule has 0 aliphatic heterocycles. The van der Waals surface area contributed by atoms with Gasteiger partial charge in [0.2, 0.25) is 5.78 Å². The molecule has 0 saturated heterocycles. The Labute approximate surface area is 72.8 Å². The van der Waals surface area contributed by atoms with E-state index in [0.717, 1.165) is 12.8 Å². The van der Waals surface area contributed by atoms with Crippen molar-refractivity contribution in [3.05, 3.63) is 0 Å². The number of aliphatic carboxylic acids is 1. The third-order valence-corrected chi connectivity index (χ3v) is 2.04. The van der Waals surface area contributed by atoms with Crippen LogP contribution in [0.1, 0.15) is 39.5 Å². The molecule has 0 fully saturated rings. The number of hydrogen-bond acceptors (Lipinski definition) is 2. The van der Waals surface area contributed by atoms with Gasteiger partial charge in [-0.2, -0.15) is 0 Å². The molecule has 0 aromatic carbocycles. The first kappa shape index (κ1) is 11.1. The predicted molar refractivity (Wildman–Crippen MR) is 45.9 cm³/mol. The fraction of sp³-hybridized carbons (Fsp3) is 0.778. The largest absolute Gasteiger partial charge is 0.476 e. The number of carbonyl (C=O) groups excluding carboxylic acids is 1. The van der Waals surface area contributed by atoms with Crippen molar-refractivity contribution in [2.24, 2.45) is 5.92 Å². The van der Waals surface area contributed by atoms with Crippen LogP contribution in [0.25, 0.3) is 0 Å². The number of Topliss-reactive ketones (excluding diaryl/α,β-unsaturated/α-hetero) is 1. The van der Waals surface area contributed by atoms with Crippen LogP contribution in [0.2, 0.25) is 0 Å². The first-order valence-electron chi connectivity index (χ1n) is 4.34. The minimum absolute atomic E-state index is 0.180. The Hall–Kier alpha value is -0.860. The van der Waals surface area contributed by atoms with Crippen molar-refractivity contribution in [3.8, 4) is 0 Å². The monoisotopic (exact) mass is 172 g/mol. The molecule has 0 saturated carbocycles.